The number of hydrogen-bond donors (Lipinski definition) is 3. The van der Waals surface area contributed by atoms with Crippen LogP contribution in [0.2, 0.25) is 0 Å². The Morgan fingerprint density at radius 2 is 1.76 bits per heavy atom. The lowest BCUT2D eigenvalue weighted by Crippen LogP contribution is -2.49. The third-order valence-electron chi connectivity index (χ3n) is 7.33. The summed E-state index contributed by atoms with van der Waals surface area (Å²) in [7, 11) is 1.44. The molecule has 15 heteroatoms. The van der Waals surface area contributed by atoms with Crippen molar-refractivity contribution < 1.29 is 45.5 Å². The molecule has 0 bridgehead atoms. The molecule has 1 atom stereocenters. The van der Waals surface area contributed by atoms with Gasteiger partial charge in [-0.1, -0.05) is 23.9 Å². The highest BCUT2D eigenvalue weighted by Gasteiger charge is 2.46. The minimum Gasteiger partial charge on any atom is -0.382 e. The van der Waals surface area contributed by atoms with Crippen LogP contribution in [0.1, 0.15) is 42.4 Å². The van der Waals surface area contributed by atoms with Gasteiger partial charge in [0.15, 0.2) is 0 Å². The van der Waals surface area contributed by atoms with Crippen LogP contribution in [0.4, 0.5) is 32.0 Å². The highest BCUT2D eigenvalue weighted by Crippen LogP contribution is 2.48. The average molecular weight is 659 g/mol. The molecular weight excluding hydrogens is 626 g/mol. The number of piperidine rings is 2. The lowest BCUT2D eigenvalue weighted by molar-refractivity contribution is -0.163. The first kappa shape index (κ1) is 34.2. The van der Waals surface area contributed by atoms with Gasteiger partial charge in [0.05, 0.1) is 11.1 Å². The molecule has 45 heavy (non-hydrogen) atoms. The molecule has 2 aromatic rings. The molecule has 3 amide bonds. The Kier molecular flexibility index (Phi) is 11.1. The fraction of sp³-hybridized carbons (Fsp3) is 0.433. The van der Waals surface area contributed by atoms with E-state index < -0.39 is 51.8 Å². The number of nitrogens with one attached hydrogen (secondary N) is 3. The standard InChI is InChI=1S/C30H32F6N4O4S/c1-44-17-25(42)40-14-11-19(12-15-40)38-20-4-2-5-21(16-20)45-23-9-7-18(26(29(31,32)33)27(23)30(34,35)36)8-10-24(41)39-22-6-3-13-37-28(22)43/h2,4-5,7-10,16,19,22,38H,3,6,11-15,17H2,1H3,(H,37,43)(H,39,41)/b10-8+. The highest BCUT2D eigenvalue weighted by atomic mass is 32.2. The molecule has 0 aromatic heterocycles. The van der Waals surface area contributed by atoms with Crippen LogP contribution in [0, 0.1) is 0 Å². The van der Waals surface area contributed by atoms with Gasteiger partial charge in [-0.05, 0) is 61.6 Å². The molecular formula is C30H32F6N4O4S. The van der Waals surface area contributed by atoms with Gasteiger partial charge >= 0.3 is 12.4 Å². The van der Waals surface area contributed by atoms with Crippen molar-refractivity contribution in [3.05, 3.63) is 59.2 Å². The number of halogens is 6. The number of anilines is 1. The van der Waals surface area contributed by atoms with Gasteiger partial charge in [0.1, 0.15) is 12.6 Å². The Labute approximate surface area is 259 Å². The summed E-state index contributed by atoms with van der Waals surface area (Å²) in [5, 5.41) is 8.20. The number of hydrogen-bond acceptors (Lipinski definition) is 6. The third kappa shape index (κ3) is 9.16. The van der Waals surface area contributed by atoms with E-state index in [4.69, 9.17) is 4.74 Å². The number of ether oxygens (including phenoxy) is 1. The molecule has 0 radical (unpaired) electrons. The van der Waals surface area contributed by atoms with Crippen LogP contribution in [-0.4, -0.2) is 68.1 Å². The van der Waals surface area contributed by atoms with Crippen LogP contribution in [0.5, 0.6) is 0 Å². The molecule has 2 fully saturated rings. The summed E-state index contributed by atoms with van der Waals surface area (Å²) < 4.78 is 90.4. The third-order valence-corrected chi connectivity index (χ3v) is 8.38. The van der Waals surface area contributed by atoms with E-state index in [1.165, 1.54) is 13.2 Å². The molecule has 2 heterocycles. The van der Waals surface area contributed by atoms with Crippen LogP contribution >= 0.6 is 11.8 Å². The number of rotatable bonds is 9. The number of alkyl halides is 6. The van der Waals surface area contributed by atoms with Crippen LogP contribution in [0.3, 0.4) is 0 Å². The number of amides is 3. The van der Waals surface area contributed by atoms with Gasteiger partial charge in [-0.3, -0.25) is 14.4 Å². The SMILES string of the molecule is COCC(=O)N1CCC(Nc2cccc(Sc3ccc(/C=C/C(=O)NC4CCCNC4=O)c(C(F)(F)F)c3C(F)(F)F)c2)CC1. The Morgan fingerprint density at radius 3 is 2.40 bits per heavy atom. The molecule has 244 valence electrons. The Balaban J connectivity index is 1.54. The molecule has 4 rings (SSSR count). The van der Waals surface area contributed by atoms with Crippen molar-refractivity contribution in [2.45, 2.75) is 59.9 Å². The largest absolute Gasteiger partial charge is 0.418 e. The molecule has 2 aliphatic rings. The van der Waals surface area contributed by atoms with E-state index in [9.17, 15) is 40.7 Å². The minimum absolute atomic E-state index is 0.0135. The summed E-state index contributed by atoms with van der Waals surface area (Å²) in [5.74, 6) is -1.47. The normalized spacial score (nSPS) is 18.2. The van der Waals surface area contributed by atoms with Crippen molar-refractivity contribution in [3.8, 4) is 0 Å². The van der Waals surface area contributed by atoms with E-state index in [2.05, 4.69) is 16.0 Å². The maximum atomic E-state index is 14.3. The van der Waals surface area contributed by atoms with Crippen LogP contribution in [-0.2, 0) is 31.5 Å². The van der Waals surface area contributed by atoms with Gasteiger partial charge in [0, 0.05) is 54.3 Å². The summed E-state index contributed by atoms with van der Waals surface area (Å²) in [6, 6.07) is 7.27. The van der Waals surface area contributed by atoms with E-state index in [-0.39, 0.29) is 23.5 Å². The van der Waals surface area contributed by atoms with E-state index in [0.717, 1.165) is 12.1 Å². The second-order valence-electron chi connectivity index (χ2n) is 10.6. The molecule has 1 unspecified atom stereocenters. The van der Waals surface area contributed by atoms with E-state index in [0.29, 0.717) is 74.9 Å². The smallest absolute Gasteiger partial charge is 0.382 e. The zero-order valence-corrected chi connectivity index (χ0v) is 25.0. The van der Waals surface area contributed by atoms with E-state index >= 15 is 0 Å². The molecule has 8 nitrogen and oxygen atoms in total. The fourth-order valence-electron chi connectivity index (χ4n) is 5.21. The fourth-order valence-corrected chi connectivity index (χ4v) is 6.25. The molecule has 2 aliphatic heterocycles. The Bertz CT molecular complexity index is 1420. The van der Waals surface area contributed by atoms with Gasteiger partial charge in [-0.2, -0.15) is 26.3 Å². The average Bonchev–Trinajstić information content (AvgIpc) is 2.97. The number of methoxy groups -OCH3 is 1. The van der Waals surface area contributed by atoms with E-state index in [1.54, 1.807) is 23.1 Å². The van der Waals surface area contributed by atoms with Crippen molar-refractivity contribution in [3.63, 3.8) is 0 Å². The monoisotopic (exact) mass is 658 g/mol. The number of carbonyl (C=O) groups excluding carboxylic acids is 3. The van der Waals surface area contributed by atoms with Crippen LogP contribution in [0.15, 0.2) is 52.3 Å². The van der Waals surface area contributed by atoms with Crippen LogP contribution < -0.4 is 16.0 Å². The number of carbonyl (C=O) groups is 3. The maximum absolute atomic E-state index is 14.3. The summed E-state index contributed by atoms with van der Waals surface area (Å²) in [6.45, 7) is 1.42. The number of likely N-dealkylation sites (tertiary alicyclic amines) is 1. The first-order chi connectivity index (χ1) is 21.3. The van der Waals surface area contributed by atoms with Gasteiger partial charge in [0.2, 0.25) is 17.7 Å². The summed E-state index contributed by atoms with van der Waals surface area (Å²) >= 11 is 0.539. The molecule has 0 aliphatic carbocycles. The number of benzene rings is 2. The minimum atomic E-state index is -5.40. The van der Waals surface area contributed by atoms with Crippen molar-refractivity contribution in [1.29, 1.82) is 0 Å². The topological polar surface area (TPSA) is 99.8 Å². The van der Waals surface area contributed by atoms with Gasteiger partial charge in [0.25, 0.3) is 0 Å². The molecule has 0 saturated carbocycles. The maximum Gasteiger partial charge on any atom is 0.418 e. The number of nitrogens with zero attached hydrogens (tertiary/aromatic N) is 1. The highest BCUT2D eigenvalue weighted by molar-refractivity contribution is 7.99. The molecule has 3 N–H and O–H groups in total. The molecule has 2 aromatic carbocycles. The molecule has 2 saturated heterocycles. The lowest BCUT2D eigenvalue weighted by Gasteiger charge is -2.32. The molecule has 0 spiro atoms. The lowest BCUT2D eigenvalue weighted by atomic mass is 9.99. The van der Waals surface area contributed by atoms with Crippen LogP contribution in [0.25, 0.3) is 6.08 Å². The van der Waals surface area contributed by atoms with Gasteiger partial charge < -0.3 is 25.6 Å². The van der Waals surface area contributed by atoms with Crippen molar-refractivity contribution in [1.82, 2.24) is 15.5 Å². The first-order valence-electron chi connectivity index (χ1n) is 14.1. The Hall–Kier alpha value is -3.72. The second kappa shape index (κ2) is 14.6. The van der Waals surface area contributed by atoms with E-state index in [1.807, 2.05) is 0 Å². The quantitative estimate of drug-likeness (QED) is 0.249. The zero-order chi connectivity index (χ0) is 32.8. The predicted octanol–water partition coefficient (Wildman–Crippen LogP) is 5.33. The summed E-state index contributed by atoms with van der Waals surface area (Å²) in [5.41, 5.74) is -4.04. The first-order valence-corrected chi connectivity index (χ1v) is 15.0. The zero-order valence-electron chi connectivity index (χ0n) is 24.2. The van der Waals surface area contributed by atoms with Gasteiger partial charge in [-0.25, -0.2) is 0 Å². The van der Waals surface area contributed by atoms with Crippen molar-refractivity contribution in [2.75, 3.05) is 38.7 Å². The Morgan fingerprint density at radius 1 is 1.04 bits per heavy atom. The van der Waals surface area contributed by atoms with Crippen molar-refractivity contribution >= 4 is 41.2 Å². The predicted molar refractivity (Wildman–Crippen MR) is 155 cm³/mol. The summed E-state index contributed by atoms with van der Waals surface area (Å²) in [6.07, 6.45) is -7.25. The van der Waals surface area contributed by atoms with Gasteiger partial charge in [-0.15, -0.1) is 0 Å². The second-order valence-corrected chi connectivity index (χ2v) is 11.7. The van der Waals surface area contributed by atoms with Crippen molar-refractivity contribution in [2.24, 2.45) is 0 Å². The summed E-state index contributed by atoms with van der Waals surface area (Å²) in [4.78, 5) is 37.5.